The Kier molecular flexibility index (Phi) is 4.89. The number of aromatic nitrogens is 3. The van der Waals surface area contributed by atoms with Crippen molar-refractivity contribution in [1.82, 2.24) is 19.7 Å². The molecule has 1 N–H and O–H groups in total. The van der Waals surface area contributed by atoms with Crippen molar-refractivity contribution in [2.24, 2.45) is 7.05 Å². The molecule has 8 nitrogen and oxygen atoms in total. The van der Waals surface area contributed by atoms with Crippen LogP contribution in [0.1, 0.15) is 24.2 Å². The maximum atomic E-state index is 12.7. The molecule has 1 aliphatic rings. The molecule has 0 aliphatic carbocycles. The third-order valence-electron chi connectivity index (χ3n) is 3.83. The van der Waals surface area contributed by atoms with Crippen LogP contribution in [0.15, 0.2) is 30.7 Å². The largest absolute Gasteiger partial charge is 0.482 e. The van der Waals surface area contributed by atoms with E-state index in [0.717, 1.165) is 0 Å². The van der Waals surface area contributed by atoms with Gasteiger partial charge in [0.2, 0.25) is 5.88 Å². The Morgan fingerprint density at radius 3 is 2.88 bits per heavy atom. The molecule has 1 amide bonds. The average Bonchev–Trinajstić information content (AvgIpc) is 3.13. The van der Waals surface area contributed by atoms with Gasteiger partial charge in [0.25, 0.3) is 5.91 Å². The summed E-state index contributed by atoms with van der Waals surface area (Å²) in [6.07, 6.45) is 3.58. The number of pyridine rings is 1. The van der Waals surface area contributed by atoms with E-state index in [2.05, 4.69) is 10.1 Å². The second kappa shape index (κ2) is 7.10. The fourth-order valence-electron chi connectivity index (χ4n) is 2.70. The molecule has 134 valence electrons. The zero-order valence-corrected chi connectivity index (χ0v) is 14.5. The normalized spacial score (nSPS) is 20.1. The Morgan fingerprint density at radius 1 is 1.40 bits per heavy atom. The van der Waals surface area contributed by atoms with Crippen LogP contribution in [0.3, 0.4) is 0 Å². The SMILES string of the molecule is CC(C)Oc1cc(C(=O)N2C[C@@H](O)[C@H](Oc3cnn(C)c3)C2)ccn1. The van der Waals surface area contributed by atoms with E-state index in [4.69, 9.17) is 9.47 Å². The molecule has 3 rings (SSSR count). The summed E-state index contributed by atoms with van der Waals surface area (Å²) >= 11 is 0. The zero-order chi connectivity index (χ0) is 18.0. The number of aliphatic hydroxyl groups is 1. The van der Waals surface area contributed by atoms with E-state index in [9.17, 15) is 9.90 Å². The van der Waals surface area contributed by atoms with Crippen LogP contribution in [0.2, 0.25) is 0 Å². The Bertz CT molecular complexity index is 746. The second-order valence-electron chi connectivity index (χ2n) is 6.33. The Balaban J connectivity index is 1.67. The number of ether oxygens (including phenoxy) is 2. The first-order valence-electron chi connectivity index (χ1n) is 8.17. The predicted molar refractivity (Wildman–Crippen MR) is 89.5 cm³/mol. The minimum atomic E-state index is -0.752. The van der Waals surface area contributed by atoms with Gasteiger partial charge in [0.15, 0.2) is 5.75 Å². The molecule has 2 aromatic rings. The van der Waals surface area contributed by atoms with Crippen LogP contribution in [-0.2, 0) is 7.05 Å². The lowest BCUT2D eigenvalue weighted by molar-refractivity contribution is 0.0729. The van der Waals surface area contributed by atoms with Gasteiger partial charge in [-0.25, -0.2) is 4.98 Å². The molecule has 0 bridgehead atoms. The molecule has 1 fully saturated rings. The number of β-amino-alcohol motifs (C(OH)–C–C–N with tert-alkyl or cyclic N) is 1. The van der Waals surface area contributed by atoms with Gasteiger partial charge < -0.3 is 19.5 Å². The monoisotopic (exact) mass is 346 g/mol. The summed E-state index contributed by atoms with van der Waals surface area (Å²) in [5, 5.41) is 14.2. The van der Waals surface area contributed by atoms with Gasteiger partial charge in [-0.2, -0.15) is 5.10 Å². The highest BCUT2D eigenvalue weighted by atomic mass is 16.5. The van der Waals surface area contributed by atoms with E-state index < -0.39 is 12.2 Å². The van der Waals surface area contributed by atoms with Crippen molar-refractivity contribution in [1.29, 1.82) is 0 Å². The molecule has 0 aromatic carbocycles. The molecule has 1 aliphatic heterocycles. The Morgan fingerprint density at radius 2 is 2.20 bits per heavy atom. The van der Waals surface area contributed by atoms with Crippen molar-refractivity contribution in [3.63, 3.8) is 0 Å². The van der Waals surface area contributed by atoms with Gasteiger partial charge in [0.1, 0.15) is 12.2 Å². The third kappa shape index (κ3) is 4.08. The van der Waals surface area contributed by atoms with Crippen molar-refractivity contribution in [2.75, 3.05) is 13.1 Å². The van der Waals surface area contributed by atoms with Crippen molar-refractivity contribution in [3.8, 4) is 11.6 Å². The van der Waals surface area contributed by atoms with Crippen molar-refractivity contribution >= 4 is 5.91 Å². The summed E-state index contributed by atoms with van der Waals surface area (Å²) in [5.41, 5.74) is 0.472. The molecule has 0 saturated carbocycles. The molecule has 0 radical (unpaired) electrons. The predicted octanol–water partition coefficient (Wildman–Crippen LogP) is 0.867. The van der Waals surface area contributed by atoms with Crippen molar-refractivity contribution in [3.05, 3.63) is 36.3 Å². The molecule has 0 unspecified atom stereocenters. The van der Waals surface area contributed by atoms with E-state index >= 15 is 0 Å². The number of carbonyl (C=O) groups is 1. The van der Waals surface area contributed by atoms with Crippen LogP contribution in [0.5, 0.6) is 11.6 Å². The molecule has 25 heavy (non-hydrogen) atoms. The summed E-state index contributed by atoms with van der Waals surface area (Å²) in [5.74, 6) is 0.786. The quantitative estimate of drug-likeness (QED) is 0.864. The zero-order valence-electron chi connectivity index (χ0n) is 14.5. The molecular weight excluding hydrogens is 324 g/mol. The summed E-state index contributed by atoms with van der Waals surface area (Å²) in [4.78, 5) is 18.4. The summed E-state index contributed by atoms with van der Waals surface area (Å²) in [6, 6.07) is 3.25. The third-order valence-corrected chi connectivity index (χ3v) is 3.83. The highest BCUT2D eigenvalue weighted by Crippen LogP contribution is 2.21. The van der Waals surface area contributed by atoms with Gasteiger partial charge >= 0.3 is 0 Å². The molecule has 3 heterocycles. The molecule has 2 atom stereocenters. The highest BCUT2D eigenvalue weighted by Gasteiger charge is 2.36. The van der Waals surface area contributed by atoms with Gasteiger partial charge in [-0.1, -0.05) is 0 Å². The number of likely N-dealkylation sites (tertiary alicyclic amines) is 1. The highest BCUT2D eigenvalue weighted by molar-refractivity contribution is 5.94. The summed E-state index contributed by atoms with van der Waals surface area (Å²) in [7, 11) is 1.79. The second-order valence-corrected chi connectivity index (χ2v) is 6.33. The van der Waals surface area contributed by atoms with Crippen LogP contribution >= 0.6 is 0 Å². The van der Waals surface area contributed by atoms with E-state index in [1.165, 1.54) is 0 Å². The lowest BCUT2D eigenvalue weighted by atomic mass is 10.2. The standard InChI is InChI=1S/C17H22N4O4/c1-11(2)24-16-6-12(4-5-18-16)17(23)21-9-14(22)15(10-21)25-13-7-19-20(3)8-13/h4-8,11,14-15,22H,9-10H2,1-3H3/t14-,15-/m1/s1. The average molecular weight is 346 g/mol. The van der Waals surface area contributed by atoms with E-state index in [-0.39, 0.29) is 18.6 Å². The van der Waals surface area contributed by atoms with Gasteiger partial charge in [-0.15, -0.1) is 0 Å². The minimum absolute atomic E-state index is 0.0243. The van der Waals surface area contributed by atoms with Gasteiger partial charge in [0.05, 0.1) is 31.6 Å². The maximum Gasteiger partial charge on any atom is 0.254 e. The van der Waals surface area contributed by atoms with E-state index in [0.29, 0.717) is 23.7 Å². The number of rotatable bonds is 5. The smallest absolute Gasteiger partial charge is 0.254 e. The lowest BCUT2D eigenvalue weighted by Crippen LogP contribution is -2.31. The van der Waals surface area contributed by atoms with Crippen LogP contribution in [-0.4, -0.2) is 62.1 Å². The van der Waals surface area contributed by atoms with Crippen LogP contribution in [0.25, 0.3) is 0 Å². The summed E-state index contributed by atoms with van der Waals surface area (Å²) < 4.78 is 12.9. The minimum Gasteiger partial charge on any atom is -0.482 e. The molecule has 2 aromatic heterocycles. The van der Waals surface area contributed by atoms with Crippen LogP contribution in [0.4, 0.5) is 0 Å². The first kappa shape index (κ1) is 17.2. The number of hydrogen-bond acceptors (Lipinski definition) is 6. The van der Waals surface area contributed by atoms with Crippen molar-refractivity contribution in [2.45, 2.75) is 32.2 Å². The molecule has 1 saturated heterocycles. The molecule has 0 spiro atoms. The summed E-state index contributed by atoms with van der Waals surface area (Å²) in [6.45, 7) is 4.31. The number of carbonyl (C=O) groups excluding carboxylic acids is 1. The van der Waals surface area contributed by atoms with Gasteiger partial charge in [0, 0.05) is 24.9 Å². The van der Waals surface area contributed by atoms with E-state index in [1.54, 1.807) is 47.4 Å². The fraction of sp³-hybridized carbons (Fsp3) is 0.471. The first-order chi connectivity index (χ1) is 11.9. The number of aryl methyl sites for hydroxylation is 1. The molecular formula is C17H22N4O4. The maximum absolute atomic E-state index is 12.7. The van der Waals surface area contributed by atoms with Gasteiger partial charge in [-0.3, -0.25) is 9.48 Å². The van der Waals surface area contributed by atoms with Crippen LogP contribution < -0.4 is 9.47 Å². The number of aliphatic hydroxyl groups excluding tert-OH is 1. The fourth-order valence-corrected chi connectivity index (χ4v) is 2.70. The van der Waals surface area contributed by atoms with Crippen molar-refractivity contribution < 1.29 is 19.4 Å². The number of amides is 1. The first-order valence-corrected chi connectivity index (χ1v) is 8.17. The Labute approximate surface area is 146 Å². The number of nitrogens with zero attached hydrogens (tertiary/aromatic N) is 4. The van der Waals surface area contributed by atoms with Gasteiger partial charge in [-0.05, 0) is 19.9 Å². The lowest BCUT2D eigenvalue weighted by Gasteiger charge is -2.17. The topological polar surface area (TPSA) is 89.7 Å². The van der Waals surface area contributed by atoms with E-state index in [1.807, 2.05) is 13.8 Å². The molecule has 8 heteroatoms. The Hall–Kier alpha value is -2.61. The number of hydrogen-bond donors (Lipinski definition) is 1. The van der Waals surface area contributed by atoms with Crippen LogP contribution in [0, 0.1) is 0 Å².